The number of hydrogen-bond acceptors (Lipinski definition) is 2. The number of nitrogens with zero attached hydrogens (tertiary/aromatic N) is 1. The SMILES string of the molecule is Cc1[nH]ncc1NCC(C)C. The van der Waals surface area contributed by atoms with Crippen LogP contribution >= 0.6 is 0 Å². The molecule has 0 radical (unpaired) electrons. The Morgan fingerprint density at radius 2 is 2.36 bits per heavy atom. The first-order valence-electron chi connectivity index (χ1n) is 3.94. The van der Waals surface area contributed by atoms with Crippen LogP contribution in [-0.2, 0) is 0 Å². The highest BCUT2D eigenvalue weighted by molar-refractivity contribution is 5.44. The second kappa shape index (κ2) is 3.42. The van der Waals surface area contributed by atoms with E-state index in [1.165, 1.54) is 0 Å². The van der Waals surface area contributed by atoms with Crippen molar-refractivity contribution in [1.29, 1.82) is 0 Å². The van der Waals surface area contributed by atoms with Gasteiger partial charge in [-0.2, -0.15) is 5.10 Å². The number of rotatable bonds is 3. The lowest BCUT2D eigenvalue weighted by atomic mass is 10.2. The highest BCUT2D eigenvalue weighted by Crippen LogP contribution is 2.09. The molecule has 0 spiro atoms. The summed E-state index contributed by atoms with van der Waals surface area (Å²) in [4.78, 5) is 0. The molecule has 62 valence electrons. The molecule has 1 heterocycles. The maximum absolute atomic E-state index is 3.91. The molecular formula is C8H15N3. The van der Waals surface area contributed by atoms with Gasteiger partial charge in [-0.15, -0.1) is 0 Å². The Morgan fingerprint density at radius 1 is 1.64 bits per heavy atom. The van der Waals surface area contributed by atoms with Crippen LogP contribution < -0.4 is 5.32 Å². The zero-order chi connectivity index (χ0) is 8.27. The van der Waals surface area contributed by atoms with Gasteiger partial charge < -0.3 is 5.32 Å². The summed E-state index contributed by atoms with van der Waals surface area (Å²) in [6.45, 7) is 7.38. The fraction of sp³-hybridized carbons (Fsp3) is 0.625. The Morgan fingerprint density at radius 3 is 2.82 bits per heavy atom. The van der Waals surface area contributed by atoms with E-state index in [1.54, 1.807) is 0 Å². The van der Waals surface area contributed by atoms with Gasteiger partial charge in [0, 0.05) is 6.54 Å². The highest BCUT2D eigenvalue weighted by atomic mass is 15.1. The number of aromatic amines is 1. The van der Waals surface area contributed by atoms with Crippen LogP contribution in [0, 0.1) is 12.8 Å². The van der Waals surface area contributed by atoms with E-state index in [0.717, 1.165) is 17.9 Å². The zero-order valence-electron chi connectivity index (χ0n) is 7.31. The van der Waals surface area contributed by atoms with Crippen molar-refractivity contribution in [2.45, 2.75) is 20.8 Å². The third-order valence-corrected chi connectivity index (χ3v) is 1.53. The lowest BCUT2D eigenvalue weighted by Crippen LogP contribution is -2.07. The average Bonchev–Trinajstić information content (AvgIpc) is 2.31. The minimum atomic E-state index is 0.671. The van der Waals surface area contributed by atoms with Crippen LogP contribution in [-0.4, -0.2) is 16.7 Å². The fourth-order valence-corrected chi connectivity index (χ4v) is 0.843. The average molecular weight is 153 g/mol. The van der Waals surface area contributed by atoms with Crippen molar-refractivity contribution in [3.05, 3.63) is 11.9 Å². The number of anilines is 1. The molecule has 3 nitrogen and oxygen atoms in total. The Bertz CT molecular complexity index is 215. The highest BCUT2D eigenvalue weighted by Gasteiger charge is 1.99. The normalized spacial score (nSPS) is 10.5. The van der Waals surface area contributed by atoms with Gasteiger partial charge in [-0.05, 0) is 12.8 Å². The summed E-state index contributed by atoms with van der Waals surface area (Å²) in [7, 11) is 0. The van der Waals surface area contributed by atoms with Crippen molar-refractivity contribution in [2.24, 2.45) is 5.92 Å². The Balaban J connectivity index is 2.44. The molecule has 2 N–H and O–H groups in total. The van der Waals surface area contributed by atoms with Crippen LogP contribution in [0.4, 0.5) is 5.69 Å². The van der Waals surface area contributed by atoms with Crippen molar-refractivity contribution in [3.63, 3.8) is 0 Å². The van der Waals surface area contributed by atoms with Gasteiger partial charge in [0.25, 0.3) is 0 Å². The summed E-state index contributed by atoms with van der Waals surface area (Å²) >= 11 is 0. The molecule has 0 fully saturated rings. The van der Waals surface area contributed by atoms with Gasteiger partial charge in [0.1, 0.15) is 0 Å². The first-order chi connectivity index (χ1) is 5.20. The maximum atomic E-state index is 3.91. The Kier molecular flexibility index (Phi) is 2.52. The van der Waals surface area contributed by atoms with E-state index in [-0.39, 0.29) is 0 Å². The standard InChI is InChI=1S/C8H15N3/c1-6(2)4-9-8-5-10-11-7(8)3/h5-6,9H,4H2,1-3H3,(H,10,11). The molecule has 1 rings (SSSR count). The third kappa shape index (κ3) is 2.26. The molecule has 0 bridgehead atoms. The number of nitrogens with one attached hydrogen (secondary N) is 2. The van der Waals surface area contributed by atoms with Crippen LogP contribution in [0.1, 0.15) is 19.5 Å². The molecule has 3 heteroatoms. The predicted molar refractivity (Wildman–Crippen MR) is 46.7 cm³/mol. The topological polar surface area (TPSA) is 40.7 Å². The second-order valence-electron chi connectivity index (χ2n) is 3.18. The zero-order valence-corrected chi connectivity index (χ0v) is 7.31. The first kappa shape index (κ1) is 8.11. The van der Waals surface area contributed by atoms with Crippen molar-refractivity contribution < 1.29 is 0 Å². The molecule has 0 aromatic carbocycles. The van der Waals surface area contributed by atoms with Crippen molar-refractivity contribution in [2.75, 3.05) is 11.9 Å². The van der Waals surface area contributed by atoms with Gasteiger partial charge in [0.2, 0.25) is 0 Å². The van der Waals surface area contributed by atoms with Gasteiger partial charge in [0.15, 0.2) is 0 Å². The van der Waals surface area contributed by atoms with Gasteiger partial charge in [-0.25, -0.2) is 0 Å². The number of aryl methyl sites for hydroxylation is 1. The van der Waals surface area contributed by atoms with Gasteiger partial charge in [0.05, 0.1) is 17.6 Å². The van der Waals surface area contributed by atoms with E-state index in [4.69, 9.17) is 0 Å². The van der Waals surface area contributed by atoms with Crippen molar-refractivity contribution in [3.8, 4) is 0 Å². The maximum Gasteiger partial charge on any atom is 0.0753 e. The molecule has 0 unspecified atom stereocenters. The number of H-pyrrole nitrogens is 1. The van der Waals surface area contributed by atoms with E-state index in [9.17, 15) is 0 Å². The quantitative estimate of drug-likeness (QED) is 0.695. The van der Waals surface area contributed by atoms with E-state index < -0.39 is 0 Å². The molecule has 0 saturated heterocycles. The molecule has 0 amide bonds. The summed E-state index contributed by atoms with van der Waals surface area (Å²) in [5.41, 5.74) is 2.21. The summed E-state index contributed by atoms with van der Waals surface area (Å²) in [5.74, 6) is 0.671. The number of aromatic nitrogens is 2. The van der Waals surface area contributed by atoms with E-state index in [2.05, 4.69) is 29.4 Å². The number of hydrogen-bond donors (Lipinski definition) is 2. The van der Waals surface area contributed by atoms with E-state index >= 15 is 0 Å². The fourth-order valence-electron chi connectivity index (χ4n) is 0.843. The van der Waals surface area contributed by atoms with Crippen LogP contribution in [0.25, 0.3) is 0 Å². The lowest BCUT2D eigenvalue weighted by Gasteiger charge is -2.06. The molecule has 11 heavy (non-hydrogen) atoms. The molecule has 1 aromatic rings. The Labute approximate surface area is 67.2 Å². The van der Waals surface area contributed by atoms with Crippen LogP contribution in [0.15, 0.2) is 6.20 Å². The molecule has 0 aliphatic heterocycles. The van der Waals surface area contributed by atoms with E-state index in [1.807, 2.05) is 13.1 Å². The molecule has 0 atom stereocenters. The summed E-state index contributed by atoms with van der Waals surface area (Å²) in [6, 6.07) is 0. The molecule has 1 aromatic heterocycles. The minimum absolute atomic E-state index is 0.671. The lowest BCUT2D eigenvalue weighted by molar-refractivity contribution is 0.688. The van der Waals surface area contributed by atoms with Gasteiger partial charge >= 0.3 is 0 Å². The van der Waals surface area contributed by atoms with Crippen molar-refractivity contribution >= 4 is 5.69 Å². The largest absolute Gasteiger partial charge is 0.382 e. The monoisotopic (exact) mass is 153 g/mol. The second-order valence-corrected chi connectivity index (χ2v) is 3.18. The minimum Gasteiger partial charge on any atom is -0.382 e. The molecule has 0 aliphatic carbocycles. The molecular weight excluding hydrogens is 138 g/mol. The van der Waals surface area contributed by atoms with Crippen molar-refractivity contribution in [1.82, 2.24) is 10.2 Å². The first-order valence-corrected chi connectivity index (χ1v) is 3.94. The predicted octanol–water partition coefficient (Wildman–Crippen LogP) is 1.79. The van der Waals surface area contributed by atoms with E-state index in [0.29, 0.717) is 5.92 Å². The Hall–Kier alpha value is -0.990. The smallest absolute Gasteiger partial charge is 0.0753 e. The van der Waals surface area contributed by atoms with Crippen LogP contribution in [0.5, 0.6) is 0 Å². The summed E-state index contributed by atoms with van der Waals surface area (Å²) in [6.07, 6.45) is 1.82. The van der Waals surface area contributed by atoms with Crippen LogP contribution in [0.2, 0.25) is 0 Å². The van der Waals surface area contributed by atoms with Crippen LogP contribution in [0.3, 0.4) is 0 Å². The van der Waals surface area contributed by atoms with Gasteiger partial charge in [-0.1, -0.05) is 13.8 Å². The third-order valence-electron chi connectivity index (χ3n) is 1.53. The van der Waals surface area contributed by atoms with Gasteiger partial charge in [-0.3, -0.25) is 5.10 Å². The summed E-state index contributed by atoms with van der Waals surface area (Å²) < 4.78 is 0. The summed E-state index contributed by atoms with van der Waals surface area (Å²) in [5, 5.41) is 10.1. The molecule has 0 aliphatic rings. The molecule has 0 saturated carbocycles.